The monoisotopic (exact) mass is 246 g/mol. The second-order valence-electron chi connectivity index (χ2n) is 4.47. The summed E-state index contributed by atoms with van der Waals surface area (Å²) in [5.41, 5.74) is 1.60. The number of ketones is 1. The summed E-state index contributed by atoms with van der Waals surface area (Å²) in [5, 5.41) is 0. The maximum atomic E-state index is 13.6. The molecule has 0 spiro atoms. The van der Waals surface area contributed by atoms with Crippen LogP contribution >= 0.6 is 0 Å². The van der Waals surface area contributed by atoms with Crippen LogP contribution < -0.4 is 0 Å². The quantitative estimate of drug-likeness (QED) is 0.780. The van der Waals surface area contributed by atoms with Crippen LogP contribution in [0.4, 0.5) is 4.39 Å². The zero-order valence-electron chi connectivity index (χ0n) is 10.7. The summed E-state index contributed by atoms with van der Waals surface area (Å²) in [6.45, 7) is 3.65. The molecule has 3 nitrogen and oxygen atoms in total. The topological polar surface area (TPSA) is 34.9 Å². The van der Waals surface area contributed by atoms with Crippen LogP contribution in [0.2, 0.25) is 0 Å². The molecule has 0 aliphatic heterocycles. The third-order valence-electron chi connectivity index (χ3n) is 2.93. The van der Waals surface area contributed by atoms with Crippen molar-refractivity contribution < 1.29 is 9.18 Å². The van der Waals surface area contributed by atoms with Gasteiger partial charge in [0.1, 0.15) is 11.6 Å². The summed E-state index contributed by atoms with van der Waals surface area (Å²) >= 11 is 0. The Kier molecular flexibility index (Phi) is 3.28. The van der Waals surface area contributed by atoms with Crippen LogP contribution in [0.1, 0.15) is 27.4 Å². The average molecular weight is 246 g/mol. The van der Waals surface area contributed by atoms with E-state index in [4.69, 9.17) is 0 Å². The highest BCUT2D eigenvalue weighted by Gasteiger charge is 2.14. The molecule has 0 radical (unpaired) electrons. The van der Waals surface area contributed by atoms with E-state index < -0.39 is 5.82 Å². The van der Waals surface area contributed by atoms with Crippen LogP contribution in [0.25, 0.3) is 0 Å². The van der Waals surface area contributed by atoms with Crippen molar-refractivity contribution in [1.82, 2.24) is 9.55 Å². The normalized spacial score (nSPS) is 10.7. The molecule has 4 heteroatoms. The van der Waals surface area contributed by atoms with Gasteiger partial charge in [-0.15, -0.1) is 0 Å². The van der Waals surface area contributed by atoms with Crippen LogP contribution in [0.3, 0.4) is 0 Å². The fourth-order valence-electron chi connectivity index (χ4n) is 1.82. The number of nitrogens with zero attached hydrogens (tertiary/aromatic N) is 2. The number of carbonyl (C=O) groups is 1. The number of aromatic nitrogens is 2. The first-order valence-electron chi connectivity index (χ1n) is 5.75. The average Bonchev–Trinajstić information content (AvgIpc) is 2.57. The molecular weight excluding hydrogens is 231 g/mol. The van der Waals surface area contributed by atoms with E-state index in [1.54, 1.807) is 19.2 Å². The third-order valence-corrected chi connectivity index (χ3v) is 2.93. The number of imidazole rings is 1. The Labute approximate surface area is 105 Å². The highest BCUT2D eigenvalue weighted by molar-refractivity contribution is 5.97. The summed E-state index contributed by atoms with van der Waals surface area (Å²) in [6, 6.07) is 4.64. The molecule has 0 fully saturated rings. The minimum absolute atomic E-state index is 0.127. The van der Waals surface area contributed by atoms with E-state index in [0.717, 1.165) is 11.4 Å². The first kappa shape index (κ1) is 12.5. The van der Waals surface area contributed by atoms with E-state index in [0.29, 0.717) is 5.69 Å². The molecular formula is C14H15FN2O. The second-order valence-corrected chi connectivity index (χ2v) is 4.47. The largest absolute Gasteiger partial charge is 0.338 e. The van der Waals surface area contributed by atoms with Crippen LogP contribution in [0.15, 0.2) is 24.4 Å². The van der Waals surface area contributed by atoms with Gasteiger partial charge < -0.3 is 4.57 Å². The van der Waals surface area contributed by atoms with Gasteiger partial charge in [-0.3, -0.25) is 4.79 Å². The van der Waals surface area contributed by atoms with E-state index in [1.165, 1.54) is 12.1 Å². The fourth-order valence-corrected chi connectivity index (χ4v) is 1.82. The first-order chi connectivity index (χ1) is 8.47. The molecule has 94 valence electrons. The minimum Gasteiger partial charge on any atom is -0.338 e. The van der Waals surface area contributed by atoms with Crippen molar-refractivity contribution in [1.29, 1.82) is 0 Å². The Hall–Kier alpha value is -1.97. The summed E-state index contributed by atoms with van der Waals surface area (Å²) in [7, 11) is 1.86. The fraction of sp³-hybridized carbons (Fsp3) is 0.286. The van der Waals surface area contributed by atoms with E-state index in [1.807, 2.05) is 18.5 Å². The number of hydrogen-bond acceptors (Lipinski definition) is 2. The number of carbonyl (C=O) groups excluding carboxylic acids is 1. The number of halogens is 1. The number of aryl methyl sites for hydroxylation is 3. The van der Waals surface area contributed by atoms with Gasteiger partial charge in [-0.05, 0) is 31.5 Å². The lowest BCUT2D eigenvalue weighted by molar-refractivity contribution is 0.0988. The molecule has 0 atom stereocenters. The van der Waals surface area contributed by atoms with Crippen LogP contribution in [0, 0.1) is 19.7 Å². The summed E-state index contributed by atoms with van der Waals surface area (Å²) in [5.74, 6) is 0.125. The second kappa shape index (κ2) is 4.72. The van der Waals surface area contributed by atoms with E-state index >= 15 is 0 Å². The minimum atomic E-state index is -0.465. The predicted octanol–water partition coefficient (Wildman–Crippen LogP) is 2.60. The summed E-state index contributed by atoms with van der Waals surface area (Å²) < 4.78 is 15.5. The van der Waals surface area contributed by atoms with Gasteiger partial charge in [-0.2, -0.15) is 0 Å². The predicted molar refractivity (Wildman–Crippen MR) is 67.1 cm³/mol. The van der Waals surface area contributed by atoms with Crippen LogP contribution in [-0.2, 0) is 13.5 Å². The molecule has 0 saturated carbocycles. The van der Waals surface area contributed by atoms with Crippen molar-refractivity contribution in [3.8, 4) is 0 Å². The summed E-state index contributed by atoms with van der Waals surface area (Å²) in [4.78, 5) is 16.2. The van der Waals surface area contributed by atoms with Crippen molar-refractivity contribution in [2.24, 2.45) is 7.05 Å². The Balaban J connectivity index is 2.22. The highest BCUT2D eigenvalue weighted by Crippen LogP contribution is 2.13. The van der Waals surface area contributed by atoms with Gasteiger partial charge in [-0.1, -0.05) is 6.07 Å². The Morgan fingerprint density at radius 2 is 2.11 bits per heavy atom. The Morgan fingerprint density at radius 1 is 1.39 bits per heavy atom. The van der Waals surface area contributed by atoms with Crippen molar-refractivity contribution in [3.63, 3.8) is 0 Å². The van der Waals surface area contributed by atoms with Gasteiger partial charge in [0.15, 0.2) is 5.78 Å². The lowest BCUT2D eigenvalue weighted by Gasteiger charge is -2.02. The Bertz CT molecular complexity index is 582. The maximum Gasteiger partial charge on any atom is 0.171 e. The Morgan fingerprint density at radius 3 is 2.67 bits per heavy atom. The van der Waals surface area contributed by atoms with Crippen LogP contribution in [-0.4, -0.2) is 15.3 Å². The maximum absolute atomic E-state index is 13.6. The lowest BCUT2D eigenvalue weighted by Crippen LogP contribution is -2.06. The van der Waals surface area contributed by atoms with Crippen molar-refractivity contribution in [3.05, 3.63) is 52.9 Å². The standard InChI is InChI=1S/C14H15FN2O/c1-9-4-5-12(13(15)6-9)14(18)7-11-8-17(3)10(2)16-11/h4-6,8H,7H2,1-3H3. The molecule has 2 aromatic rings. The molecule has 18 heavy (non-hydrogen) atoms. The molecule has 0 unspecified atom stereocenters. The number of benzene rings is 1. The lowest BCUT2D eigenvalue weighted by atomic mass is 10.0. The molecule has 0 N–H and O–H groups in total. The number of rotatable bonds is 3. The summed E-state index contributed by atoms with van der Waals surface area (Å²) in [6.07, 6.45) is 1.92. The van der Waals surface area contributed by atoms with Gasteiger partial charge in [0.05, 0.1) is 17.7 Å². The van der Waals surface area contributed by atoms with E-state index in [9.17, 15) is 9.18 Å². The van der Waals surface area contributed by atoms with Gasteiger partial charge in [0.2, 0.25) is 0 Å². The number of Topliss-reactive ketones (excluding diaryl/α,β-unsaturated/α-hetero) is 1. The van der Waals surface area contributed by atoms with Gasteiger partial charge in [0.25, 0.3) is 0 Å². The van der Waals surface area contributed by atoms with Gasteiger partial charge >= 0.3 is 0 Å². The van der Waals surface area contributed by atoms with Crippen molar-refractivity contribution in [2.45, 2.75) is 20.3 Å². The van der Waals surface area contributed by atoms with Crippen molar-refractivity contribution in [2.75, 3.05) is 0 Å². The van der Waals surface area contributed by atoms with Crippen LogP contribution in [0.5, 0.6) is 0 Å². The molecule has 0 aliphatic rings. The SMILES string of the molecule is Cc1ccc(C(=O)Cc2cn(C)c(C)n2)c(F)c1. The zero-order valence-corrected chi connectivity index (χ0v) is 10.7. The molecule has 0 aliphatic carbocycles. The molecule has 1 aromatic heterocycles. The van der Waals surface area contributed by atoms with E-state index in [-0.39, 0.29) is 17.8 Å². The molecule has 0 bridgehead atoms. The van der Waals surface area contributed by atoms with Gasteiger partial charge in [0, 0.05) is 13.2 Å². The molecule has 0 saturated heterocycles. The van der Waals surface area contributed by atoms with E-state index in [2.05, 4.69) is 4.98 Å². The number of hydrogen-bond donors (Lipinski definition) is 0. The molecule has 1 heterocycles. The first-order valence-corrected chi connectivity index (χ1v) is 5.75. The van der Waals surface area contributed by atoms with Gasteiger partial charge in [-0.25, -0.2) is 9.37 Å². The third kappa shape index (κ3) is 2.47. The zero-order chi connectivity index (χ0) is 13.3. The molecule has 0 amide bonds. The highest BCUT2D eigenvalue weighted by atomic mass is 19.1. The molecule has 2 rings (SSSR count). The molecule has 1 aromatic carbocycles. The van der Waals surface area contributed by atoms with Crippen molar-refractivity contribution >= 4 is 5.78 Å². The smallest absolute Gasteiger partial charge is 0.171 e.